The van der Waals surface area contributed by atoms with Crippen molar-refractivity contribution in [3.8, 4) is 0 Å². The van der Waals surface area contributed by atoms with Crippen molar-refractivity contribution >= 4 is 11.4 Å². The summed E-state index contributed by atoms with van der Waals surface area (Å²) in [6.07, 6.45) is 5.38. The smallest absolute Gasteiger partial charge is 0.0604 e. The minimum Gasteiger partial charge on any atom is -0.371 e. The van der Waals surface area contributed by atoms with E-state index >= 15 is 0 Å². The van der Waals surface area contributed by atoms with Gasteiger partial charge in [0, 0.05) is 32.7 Å². The van der Waals surface area contributed by atoms with Gasteiger partial charge in [-0.1, -0.05) is 12.1 Å². The molecule has 3 rings (SSSR count). The summed E-state index contributed by atoms with van der Waals surface area (Å²) in [5, 5.41) is 3.59. The zero-order valence-corrected chi connectivity index (χ0v) is 11.9. The van der Waals surface area contributed by atoms with Gasteiger partial charge in [0.15, 0.2) is 0 Å². The van der Waals surface area contributed by atoms with Crippen molar-refractivity contribution in [3.05, 3.63) is 24.3 Å². The molecule has 2 aliphatic rings. The number of benzene rings is 1. The Hall–Kier alpha value is -1.22. The highest BCUT2D eigenvalue weighted by Crippen LogP contribution is 2.31. The van der Waals surface area contributed by atoms with E-state index in [9.17, 15) is 0 Å². The predicted octanol–water partition coefficient (Wildman–Crippen LogP) is 2.47. The molecule has 1 aliphatic carbocycles. The Balaban J connectivity index is 1.49. The molecule has 19 heavy (non-hydrogen) atoms. The summed E-state index contributed by atoms with van der Waals surface area (Å²) in [5.41, 5.74) is 2.79. The lowest BCUT2D eigenvalue weighted by molar-refractivity contribution is 0.605. The molecule has 0 atom stereocenters. The molecule has 3 heteroatoms. The van der Waals surface area contributed by atoms with Crippen LogP contribution in [0.5, 0.6) is 0 Å². The van der Waals surface area contributed by atoms with E-state index in [4.69, 9.17) is 0 Å². The molecule has 1 heterocycles. The highest BCUT2D eigenvalue weighted by Gasteiger charge is 2.20. The van der Waals surface area contributed by atoms with Crippen LogP contribution in [0.4, 0.5) is 11.4 Å². The maximum atomic E-state index is 3.59. The lowest BCUT2D eigenvalue weighted by atomic mass is 10.1. The molecule has 1 aromatic carbocycles. The molecule has 0 radical (unpaired) electrons. The molecule has 1 aromatic rings. The number of hydrogen-bond donors (Lipinski definition) is 1. The fourth-order valence-corrected chi connectivity index (χ4v) is 2.82. The van der Waals surface area contributed by atoms with E-state index in [0.29, 0.717) is 0 Å². The summed E-state index contributed by atoms with van der Waals surface area (Å²) in [4.78, 5) is 4.91. The van der Waals surface area contributed by atoms with Crippen molar-refractivity contribution in [2.45, 2.75) is 31.7 Å². The van der Waals surface area contributed by atoms with Gasteiger partial charge < -0.3 is 15.1 Å². The van der Waals surface area contributed by atoms with Gasteiger partial charge in [0.1, 0.15) is 0 Å². The molecule has 104 valence electrons. The Bertz CT molecular complexity index is 414. The van der Waals surface area contributed by atoms with Crippen LogP contribution in [-0.4, -0.2) is 39.3 Å². The second-order valence-electron chi connectivity index (χ2n) is 5.83. The SMILES string of the molecule is CN1CCN(CCCCNC2CC2)c2ccccc21. The first-order valence-corrected chi connectivity index (χ1v) is 7.63. The Labute approximate surface area is 116 Å². The summed E-state index contributed by atoms with van der Waals surface area (Å²) in [6, 6.07) is 9.63. The molecule has 0 saturated heterocycles. The number of fused-ring (bicyclic) bond motifs is 1. The lowest BCUT2D eigenvalue weighted by Crippen LogP contribution is -2.39. The van der Waals surface area contributed by atoms with Gasteiger partial charge in [-0.25, -0.2) is 0 Å². The zero-order chi connectivity index (χ0) is 13.1. The molecule has 0 bridgehead atoms. The highest BCUT2D eigenvalue weighted by atomic mass is 15.2. The summed E-state index contributed by atoms with van der Waals surface area (Å²) in [6.45, 7) is 4.68. The molecule has 3 nitrogen and oxygen atoms in total. The molecule has 0 spiro atoms. The third kappa shape index (κ3) is 3.21. The van der Waals surface area contributed by atoms with Gasteiger partial charge in [-0.3, -0.25) is 0 Å². The van der Waals surface area contributed by atoms with Crippen LogP contribution in [-0.2, 0) is 0 Å². The minimum absolute atomic E-state index is 0.851. The number of likely N-dealkylation sites (N-methyl/N-ethyl adjacent to an activating group) is 1. The molecular weight excluding hydrogens is 234 g/mol. The number of para-hydroxylation sites is 2. The highest BCUT2D eigenvalue weighted by molar-refractivity contribution is 5.72. The molecule has 0 amide bonds. The van der Waals surface area contributed by atoms with Crippen molar-refractivity contribution in [3.63, 3.8) is 0 Å². The lowest BCUT2D eigenvalue weighted by Gasteiger charge is -2.37. The molecule has 0 unspecified atom stereocenters. The summed E-state index contributed by atoms with van der Waals surface area (Å²) >= 11 is 0. The first kappa shape index (κ1) is 12.8. The fraction of sp³-hybridized carbons (Fsp3) is 0.625. The van der Waals surface area contributed by atoms with Gasteiger partial charge in [0.05, 0.1) is 11.4 Å². The maximum absolute atomic E-state index is 3.59. The molecule has 1 fully saturated rings. The zero-order valence-electron chi connectivity index (χ0n) is 11.9. The minimum atomic E-state index is 0.851. The molecule has 1 aliphatic heterocycles. The first-order valence-electron chi connectivity index (χ1n) is 7.63. The quantitative estimate of drug-likeness (QED) is 0.792. The van der Waals surface area contributed by atoms with Crippen molar-refractivity contribution in [1.29, 1.82) is 0 Å². The van der Waals surface area contributed by atoms with Crippen LogP contribution in [0, 0.1) is 0 Å². The van der Waals surface area contributed by atoms with E-state index in [1.165, 1.54) is 50.1 Å². The van der Waals surface area contributed by atoms with Crippen molar-refractivity contribution in [2.75, 3.05) is 43.0 Å². The molecule has 1 saturated carbocycles. The van der Waals surface area contributed by atoms with E-state index in [1.54, 1.807) is 0 Å². The van der Waals surface area contributed by atoms with E-state index < -0.39 is 0 Å². The van der Waals surface area contributed by atoms with Crippen molar-refractivity contribution in [1.82, 2.24) is 5.32 Å². The van der Waals surface area contributed by atoms with E-state index in [1.807, 2.05) is 0 Å². The van der Waals surface area contributed by atoms with Crippen LogP contribution >= 0.6 is 0 Å². The Morgan fingerprint density at radius 1 is 1.11 bits per heavy atom. The number of hydrogen-bond acceptors (Lipinski definition) is 3. The third-order valence-corrected chi connectivity index (χ3v) is 4.20. The average molecular weight is 259 g/mol. The van der Waals surface area contributed by atoms with Crippen molar-refractivity contribution in [2.24, 2.45) is 0 Å². The first-order chi connectivity index (χ1) is 9.34. The number of rotatable bonds is 6. The van der Waals surface area contributed by atoms with Crippen LogP contribution in [0.2, 0.25) is 0 Å². The monoisotopic (exact) mass is 259 g/mol. The Morgan fingerprint density at radius 3 is 2.68 bits per heavy atom. The standard InChI is InChI=1S/C16H25N3/c1-18-12-13-19(16-7-3-2-6-15(16)18)11-5-4-10-17-14-8-9-14/h2-3,6-7,14,17H,4-5,8-13H2,1H3. The topological polar surface area (TPSA) is 18.5 Å². The van der Waals surface area contributed by atoms with Crippen LogP contribution in [0.3, 0.4) is 0 Å². The Kier molecular flexibility index (Phi) is 3.92. The van der Waals surface area contributed by atoms with Gasteiger partial charge in [-0.05, 0) is 44.4 Å². The number of nitrogens with zero attached hydrogens (tertiary/aromatic N) is 2. The van der Waals surface area contributed by atoms with Crippen molar-refractivity contribution < 1.29 is 0 Å². The second kappa shape index (κ2) is 5.83. The van der Waals surface area contributed by atoms with Crippen LogP contribution in [0.15, 0.2) is 24.3 Å². The summed E-state index contributed by atoms with van der Waals surface area (Å²) < 4.78 is 0. The van der Waals surface area contributed by atoms with Crippen LogP contribution in [0.1, 0.15) is 25.7 Å². The van der Waals surface area contributed by atoms with Gasteiger partial charge in [-0.15, -0.1) is 0 Å². The summed E-state index contributed by atoms with van der Waals surface area (Å²) in [5.74, 6) is 0. The Morgan fingerprint density at radius 2 is 1.89 bits per heavy atom. The normalized spacial score (nSPS) is 18.6. The fourth-order valence-electron chi connectivity index (χ4n) is 2.82. The maximum Gasteiger partial charge on any atom is 0.0604 e. The third-order valence-electron chi connectivity index (χ3n) is 4.20. The summed E-state index contributed by atoms with van der Waals surface area (Å²) in [7, 11) is 2.19. The van der Waals surface area contributed by atoms with Gasteiger partial charge in [0.2, 0.25) is 0 Å². The van der Waals surface area contributed by atoms with Gasteiger partial charge in [0.25, 0.3) is 0 Å². The largest absolute Gasteiger partial charge is 0.371 e. The number of nitrogens with one attached hydrogen (secondary N) is 1. The van der Waals surface area contributed by atoms with E-state index in [2.05, 4.69) is 46.4 Å². The molecular formula is C16H25N3. The van der Waals surface area contributed by atoms with E-state index in [0.717, 1.165) is 19.1 Å². The van der Waals surface area contributed by atoms with Gasteiger partial charge >= 0.3 is 0 Å². The number of anilines is 2. The second-order valence-corrected chi connectivity index (χ2v) is 5.83. The van der Waals surface area contributed by atoms with Crippen LogP contribution in [0.25, 0.3) is 0 Å². The van der Waals surface area contributed by atoms with E-state index in [-0.39, 0.29) is 0 Å². The van der Waals surface area contributed by atoms with Gasteiger partial charge in [-0.2, -0.15) is 0 Å². The molecule has 1 N–H and O–H groups in total. The number of unbranched alkanes of at least 4 members (excludes halogenated alkanes) is 1. The molecule has 0 aromatic heterocycles. The predicted molar refractivity (Wildman–Crippen MR) is 82.2 cm³/mol. The van der Waals surface area contributed by atoms with Crippen LogP contribution < -0.4 is 15.1 Å². The average Bonchev–Trinajstić information content (AvgIpc) is 3.25.